The van der Waals surface area contributed by atoms with Crippen molar-refractivity contribution in [1.29, 1.82) is 0 Å². The number of pyridine rings is 1. The van der Waals surface area contributed by atoms with E-state index >= 15 is 0 Å². The van der Waals surface area contributed by atoms with Gasteiger partial charge in [-0.1, -0.05) is 29.8 Å². The maximum Gasteiger partial charge on any atom is 0.244 e. The Hall–Kier alpha value is -2.59. The van der Waals surface area contributed by atoms with Crippen LogP contribution in [0.25, 0.3) is 10.9 Å². The molecule has 0 radical (unpaired) electrons. The van der Waals surface area contributed by atoms with E-state index in [4.69, 9.17) is 11.6 Å². The van der Waals surface area contributed by atoms with Crippen LogP contribution in [0, 0.1) is 0 Å². The Bertz CT molecular complexity index is 888. The first-order valence-corrected chi connectivity index (χ1v) is 7.15. The van der Waals surface area contributed by atoms with Gasteiger partial charge in [-0.05, 0) is 30.3 Å². The summed E-state index contributed by atoms with van der Waals surface area (Å²) >= 11 is 5.99. The van der Waals surface area contributed by atoms with Crippen molar-refractivity contribution in [3.05, 3.63) is 76.0 Å². The Morgan fingerprint density at radius 3 is 2.64 bits per heavy atom. The molecule has 0 spiro atoms. The van der Waals surface area contributed by atoms with Gasteiger partial charge in [-0.25, -0.2) is 0 Å². The minimum Gasteiger partial charge on any atom is -0.338 e. The van der Waals surface area contributed by atoms with Crippen LogP contribution in [0.2, 0.25) is 5.02 Å². The SMILES string of the molecule is O=C(Cn1ccc(=O)c2ccc(Cl)cc21)Nc1ccccc1. The van der Waals surface area contributed by atoms with Gasteiger partial charge in [0.1, 0.15) is 6.54 Å². The van der Waals surface area contributed by atoms with E-state index in [9.17, 15) is 9.59 Å². The van der Waals surface area contributed by atoms with Crippen molar-refractivity contribution in [3.8, 4) is 0 Å². The Morgan fingerprint density at radius 2 is 1.86 bits per heavy atom. The molecule has 0 saturated carbocycles. The summed E-state index contributed by atoms with van der Waals surface area (Å²) in [6, 6.07) is 15.7. The first kappa shape index (κ1) is 14.4. The van der Waals surface area contributed by atoms with Gasteiger partial charge in [-0.3, -0.25) is 9.59 Å². The van der Waals surface area contributed by atoms with Crippen molar-refractivity contribution in [2.75, 3.05) is 5.32 Å². The van der Waals surface area contributed by atoms with Crippen LogP contribution in [-0.4, -0.2) is 10.5 Å². The second kappa shape index (κ2) is 6.03. The predicted molar refractivity (Wildman–Crippen MR) is 88.3 cm³/mol. The molecule has 110 valence electrons. The molecule has 0 aliphatic heterocycles. The summed E-state index contributed by atoms with van der Waals surface area (Å²) < 4.78 is 1.71. The molecule has 4 nitrogen and oxygen atoms in total. The highest BCUT2D eigenvalue weighted by atomic mass is 35.5. The summed E-state index contributed by atoms with van der Waals surface area (Å²) in [5.41, 5.74) is 1.28. The number of rotatable bonds is 3. The standard InChI is InChI=1S/C17H13ClN2O2/c18-12-6-7-14-15(10-12)20(9-8-16(14)21)11-17(22)19-13-4-2-1-3-5-13/h1-10H,11H2,(H,19,22). The number of amides is 1. The molecule has 1 aromatic heterocycles. The fourth-order valence-electron chi connectivity index (χ4n) is 2.29. The highest BCUT2D eigenvalue weighted by Gasteiger charge is 2.08. The van der Waals surface area contributed by atoms with Crippen LogP contribution in [0.5, 0.6) is 0 Å². The van der Waals surface area contributed by atoms with E-state index in [0.29, 0.717) is 15.9 Å². The lowest BCUT2D eigenvalue weighted by atomic mass is 10.2. The molecular formula is C17H13ClN2O2. The van der Waals surface area contributed by atoms with Crippen LogP contribution in [-0.2, 0) is 11.3 Å². The summed E-state index contributed by atoms with van der Waals surface area (Å²) in [5.74, 6) is -0.170. The molecule has 0 aliphatic rings. The van der Waals surface area contributed by atoms with Crippen molar-refractivity contribution >= 4 is 34.1 Å². The predicted octanol–water partition coefficient (Wildman–Crippen LogP) is 3.29. The summed E-state index contributed by atoms with van der Waals surface area (Å²) in [6.07, 6.45) is 1.60. The van der Waals surface area contributed by atoms with Gasteiger partial charge in [0.05, 0.1) is 5.52 Å². The molecule has 0 bridgehead atoms. The summed E-state index contributed by atoms with van der Waals surface area (Å²) in [5, 5.41) is 3.88. The van der Waals surface area contributed by atoms with E-state index in [1.807, 2.05) is 30.3 Å². The summed E-state index contributed by atoms with van der Waals surface area (Å²) in [7, 11) is 0. The van der Waals surface area contributed by atoms with Gasteiger partial charge >= 0.3 is 0 Å². The number of benzene rings is 2. The van der Waals surface area contributed by atoms with Gasteiger partial charge in [0.25, 0.3) is 0 Å². The minimum atomic E-state index is -0.170. The number of hydrogen-bond acceptors (Lipinski definition) is 2. The van der Waals surface area contributed by atoms with Crippen molar-refractivity contribution < 1.29 is 4.79 Å². The molecule has 2 aromatic carbocycles. The summed E-state index contributed by atoms with van der Waals surface area (Å²) in [6.45, 7) is 0.103. The monoisotopic (exact) mass is 312 g/mol. The highest BCUT2D eigenvalue weighted by molar-refractivity contribution is 6.31. The van der Waals surface area contributed by atoms with E-state index in [1.165, 1.54) is 6.07 Å². The number of halogens is 1. The van der Waals surface area contributed by atoms with E-state index in [-0.39, 0.29) is 17.9 Å². The lowest BCUT2D eigenvalue weighted by molar-refractivity contribution is -0.116. The van der Waals surface area contributed by atoms with Gasteiger partial charge in [0.2, 0.25) is 5.91 Å². The lowest BCUT2D eigenvalue weighted by Crippen LogP contribution is -2.20. The average molecular weight is 313 g/mol. The quantitative estimate of drug-likeness (QED) is 0.807. The minimum absolute atomic E-state index is 0.0913. The van der Waals surface area contributed by atoms with Gasteiger partial charge in [-0.15, -0.1) is 0 Å². The average Bonchev–Trinajstić information content (AvgIpc) is 2.51. The number of nitrogens with one attached hydrogen (secondary N) is 1. The van der Waals surface area contributed by atoms with Gasteiger partial charge < -0.3 is 9.88 Å². The Morgan fingerprint density at radius 1 is 1.09 bits per heavy atom. The molecule has 1 heterocycles. The third kappa shape index (κ3) is 3.02. The molecule has 0 aliphatic carbocycles. The topological polar surface area (TPSA) is 51.1 Å². The Balaban J connectivity index is 1.91. The maximum atomic E-state index is 12.2. The number of anilines is 1. The van der Waals surface area contributed by atoms with E-state index in [1.54, 1.807) is 29.0 Å². The smallest absolute Gasteiger partial charge is 0.244 e. The van der Waals surface area contributed by atoms with Crippen LogP contribution < -0.4 is 10.7 Å². The Kier molecular flexibility index (Phi) is 3.94. The second-order valence-corrected chi connectivity index (χ2v) is 5.32. The molecule has 22 heavy (non-hydrogen) atoms. The van der Waals surface area contributed by atoms with Crippen molar-refractivity contribution in [1.82, 2.24) is 4.57 Å². The zero-order valence-electron chi connectivity index (χ0n) is 11.6. The first-order chi connectivity index (χ1) is 10.6. The molecule has 0 unspecified atom stereocenters. The van der Waals surface area contributed by atoms with Crippen LogP contribution >= 0.6 is 11.6 Å². The fourth-order valence-corrected chi connectivity index (χ4v) is 2.46. The normalized spacial score (nSPS) is 10.6. The number of para-hydroxylation sites is 1. The van der Waals surface area contributed by atoms with E-state index in [0.717, 1.165) is 5.69 Å². The molecule has 1 amide bonds. The molecule has 3 aromatic rings. The zero-order valence-corrected chi connectivity index (χ0v) is 12.4. The molecule has 0 saturated heterocycles. The number of carbonyl (C=O) groups excluding carboxylic acids is 1. The van der Waals surface area contributed by atoms with Gasteiger partial charge in [0.15, 0.2) is 5.43 Å². The van der Waals surface area contributed by atoms with E-state index < -0.39 is 0 Å². The van der Waals surface area contributed by atoms with Crippen molar-refractivity contribution in [3.63, 3.8) is 0 Å². The van der Waals surface area contributed by atoms with Gasteiger partial charge in [-0.2, -0.15) is 0 Å². The van der Waals surface area contributed by atoms with Crippen LogP contribution in [0.3, 0.4) is 0 Å². The molecular weight excluding hydrogens is 300 g/mol. The third-order valence-corrected chi connectivity index (χ3v) is 3.55. The highest BCUT2D eigenvalue weighted by Crippen LogP contribution is 2.17. The zero-order chi connectivity index (χ0) is 15.5. The first-order valence-electron chi connectivity index (χ1n) is 6.77. The number of carbonyl (C=O) groups is 1. The summed E-state index contributed by atoms with van der Waals surface area (Å²) in [4.78, 5) is 24.0. The molecule has 0 fully saturated rings. The third-order valence-electron chi connectivity index (χ3n) is 3.31. The van der Waals surface area contributed by atoms with Crippen molar-refractivity contribution in [2.45, 2.75) is 6.54 Å². The molecule has 1 N–H and O–H groups in total. The largest absolute Gasteiger partial charge is 0.338 e. The van der Waals surface area contributed by atoms with E-state index in [2.05, 4.69) is 5.32 Å². The maximum absolute atomic E-state index is 12.2. The number of fused-ring (bicyclic) bond motifs is 1. The molecule has 0 atom stereocenters. The lowest BCUT2D eigenvalue weighted by Gasteiger charge is -2.11. The molecule has 5 heteroatoms. The van der Waals surface area contributed by atoms with Gasteiger partial charge in [0, 0.05) is 28.4 Å². The fraction of sp³-hybridized carbons (Fsp3) is 0.0588. The second-order valence-electron chi connectivity index (χ2n) is 4.88. The molecule has 3 rings (SSSR count). The van der Waals surface area contributed by atoms with Crippen LogP contribution in [0.15, 0.2) is 65.6 Å². The Labute approximate surface area is 132 Å². The van der Waals surface area contributed by atoms with Crippen LogP contribution in [0.1, 0.15) is 0 Å². The number of nitrogens with zero attached hydrogens (tertiary/aromatic N) is 1. The van der Waals surface area contributed by atoms with Crippen molar-refractivity contribution in [2.24, 2.45) is 0 Å². The number of aromatic nitrogens is 1. The number of hydrogen-bond donors (Lipinski definition) is 1. The van der Waals surface area contributed by atoms with Crippen LogP contribution in [0.4, 0.5) is 5.69 Å².